The molecule has 0 bridgehead atoms. The molecule has 10 heteroatoms. The van der Waals surface area contributed by atoms with Crippen molar-refractivity contribution >= 4 is 35.8 Å². The second kappa shape index (κ2) is 11.6. The molecule has 0 atom stereocenters. The highest BCUT2D eigenvalue weighted by Gasteiger charge is 2.12. The van der Waals surface area contributed by atoms with E-state index in [2.05, 4.69) is 21.1 Å². The van der Waals surface area contributed by atoms with Crippen molar-refractivity contribution in [2.45, 2.75) is 13.8 Å². The van der Waals surface area contributed by atoms with Crippen LogP contribution in [-0.4, -0.2) is 35.8 Å². The van der Waals surface area contributed by atoms with Gasteiger partial charge in [0.2, 0.25) is 0 Å². The Morgan fingerprint density at radius 3 is 1.45 bits per heavy atom. The molecular formula is C28H22N4O6. The number of furan rings is 2. The van der Waals surface area contributed by atoms with Gasteiger partial charge in [0.25, 0.3) is 0 Å². The topological polar surface area (TPSA) is 143 Å². The van der Waals surface area contributed by atoms with Crippen LogP contribution in [-0.2, 0) is 9.59 Å². The molecule has 0 aliphatic heterocycles. The highest BCUT2D eigenvalue weighted by atomic mass is 16.3. The fourth-order valence-electron chi connectivity index (χ4n) is 3.35. The lowest BCUT2D eigenvalue weighted by atomic mass is 10.1. The van der Waals surface area contributed by atoms with Crippen molar-refractivity contribution in [1.29, 1.82) is 0 Å². The van der Waals surface area contributed by atoms with Crippen LogP contribution in [0.15, 0.2) is 91.8 Å². The lowest BCUT2D eigenvalue weighted by Gasteiger charge is -2.00. The average Bonchev–Trinajstić information content (AvgIpc) is 3.59. The van der Waals surface area contributed by atoms with E-state index in [0.717, 1.165) is 0 Å². The quantitative estimate of drug-likeness (QED) is 0.157. The van der Waals surface area contributed by atoms with Gasteiger partial charge in [-0.3, -0.25) is 19.2 Å². The molecule has 0 spiro atoms. The standard InChI is InChI=1S/C28H22N4O6/c1-17(33)19-5-3-7-21(13-19)25-11-9-23(37-25)15-29-31-27(35)28(36)32-30-16-24-10-12-26(38-24)22-8-4-6-20(14-22)18(2)34/h3-16H,1-2H3,(H,31,35)(H,32,36)/b29-15+,30-16?. The molecule has 4 aromatic rings. The minimum absolute atomic E-state index is 0.0594. The molecule has 2 aromatic carbocycles. The molecule has 190 valence electrons. The molecule has 0 saturated heterocycles. The number of Topliss-reactive ketones (excluding diaryl/α,β-unsaturated/α-hetero) is 2. The summed E-state index contributed by atoms with van der Waals surface area (Å²) in [6, 6.07) is 20.6. The van der Waals surface area contributed by atoms with Crippen LogP contribution >= 0.6 is 0 Å². The maximum atomic E-state index is 12.0. The van der Waals surface area contributed by atoms with Crippen LogP contribution < -0.4 is 10.9 Å². The number of nitrogens with one attached hydrogen (secondary N) is 2. The highest BCUT2D eigenvalue weighted by Crippen LogP contribution is 2.24. The van der Waals surface area contributed by atoms with Gasteiger partial charge in [-0.25, -0.2) is 10.9 Å². The molecule has 0 aliphatic carbocycles. The third-order valence-corrected chi connectivity index (χ3v) is 5.28. The summed E-state index contributed by atoms with van der Waals surface area (Å²) >= 11 is 0. The summed E-state index contributed by atoms with van der Waals surface area (Å²) in [5.74, 6) is -0.516. The van der Waals surface area contributed by atoms with Crippen molar-refractivity contribution in [3.63, 3.8) is 0 Å². The first-order valence-electron chi connectivity index (χ1n) is 11.4. The number of benzene rings is 2. The summed E-state index contributed by atoms with van der Waals surface area (Å²) in [4.78, 5) is 47.0. The molecular weight excluding hydrogens is 488 g/mol. The van der Waals surface area contributed by atoms with Crippen LogP contribution in [0.4, 0.5) is 0 Å². The number of amides is 2. The number of ketones is 2. The van der Waals surface area contributed by atoms with Crippen LogP contribution in [0.3, 0.4) is 0 Å². The maximum Gasteiger partial charge on any atom is 0.331 e. The number of nitrogens with zero attached hydrogens (tertiary/aromatic N) is 2. The monoisotopic (exact) mass is 510 g/mol. The third kappa shape index (κ3) is 6.43. The lowest BCUT2D eigenvalue weighted by molar-refractivity contribution is -0.139. The molecule has 2 heterocycles. The van der Waals surface area contributed by atoms with E-state index in [1.165, 1.54) is 26.3 Å². The molecule has 0 fully saturated rings. The molecule has 4 rings (SSSR count). The van der Waals surface area contributed by atoms with Gasteiger partial charge in [0.05, 0.1) is 12.4 Å². The van der Waals surface area contributed by atoms with Crippen LogP contribution in [0.1, 0.15) is 46.1 Å². The summed E-state index contributed by atoms with van der Waals surface area (Å²) in [5.41, 5.74) is 6.71. The van der Waals surface area contributed by atoms with Crippen molar-refractivity contribution in [2.24, 2.45) is 10.2 Å². The lowest BCUT2D eigenvalue weighted by Crippen LogP contribution is -2.35. The molecule has 38 heavy (non-hydrogen) atoms. The fourth-order valence-corrected chi connectivity index (χ4v) is 3.35. The molecule has 2 amide bonds. The first-order valence-corrected chi connectivity index (χ1v) is 11.4. The Balaban J connectivity index is 1.29. The summed E-state index contributed by atoms with van der Waals surface area (Å²) in [6.45, 7) is 2.96. The maximum absolute atomic E-state index is 12.0. The van der Waals surface area contributed by atoms with Gasteiger partial charge >= 0.3 is 11.8 Å². The first-order chi connectivity index (χ1) is 18.3. The molecule has 0 radical (unpaired) electrons. The van der Waals surface area contributed by atoms with Gasteiger partial charge < -0.3 is 8.83 Å². The Morgan fingerprint density at radius 2 is 1.05 bits per heavy atom. The number of hydrogen-bond acceptors (Lipinski definition) is 8. The van der Waals surface area contributed by atoms with Crippen LogP contribution in [0.5, 0.6) is 0 Å². The summed E-state index contributed by atoms with van der Waals surface area (Å²) < 4.78 is 11.3. The first kappa shape index (κ1) is 25.7. The van der Waals surface area contributed by atoms with Crippen molar-refractivity contribution in [3.05, 3.63) is 95.4 Å². The number of carbonyl (C=O) groups excluding carboxylic acids is 4. The van der Waals surface area contributed by atoms with E-state index in [0.29, 0.717) is 45.3 Å². The average molecular weight is 511 g/mol. The molecule has 2 aromatic heterocycles. The number of hydrogen-bond donors (Lipinski definition) is 2. The largest absolute Gasteiger partial charge is 0.455 e. The van der Waals surface area contributed by atoms with Gasteiger partial charge in [0.15, 0.2) is 11.6 Å². The smallest absolute Gasteiger partial charge is 0.331 e. The fraction of sp³-hybridized carbons (Fsp3) is 0.0714. The molecule has 0 saturated carbocycles. The van der Waals surface area contributed by atoms with Gasteiger partial charge in [-0.05, 0) is 50.2 Å². The van der Waals surface area contributed by atoms with Gasteiger partial charge in [-0.1, -0.05) is 36.4 Å². The van der Waals surface area contributed by atoms with Crippen molar-refractivity contribution < 1.29 is 28.0 Å². The Labute approximate surface area is 217 Å². The summed E-state index contributed by atoms with van der Waals surface area (Å²) in [5, 5.41) is 7.42. The van der Waals surface area contributed by atoms with Crippen molar-refractivity contribution in [1.82, 2.24) is 10.9 Å². The predicted molar refractivity (Wildman–Crippen MR) is 140 cm³/mol. The van der Waals surface area contributed by atoms with Crippen LogP contribution in [0.25, 0.3) is 22.6 Å². The Hall–Kier alpha value is -5.38. The van der Waals surface area contributed by atoms with E-state index in [9.17, 15) is 19.2 Å². The molecule has 10 nitrogen and oxygen atoms in total. The second-order valence-electron chi connectivity index (χ2n) is 8.08. The predicted octanol–water partition coefficient (Wildman–Crippen LogP) is 4.21. The minimum atomic E-state index is -1.04. The summed E-state index contributed by atoms with van der Waals surface area (Å²) in [6.07, 6.45) is 2.47. The van der Waals surface area contributed by atoms with Crippen LogP contribution in [0.2, 0.25) is 0 Å². The van der Waals surface area contributed by atoms with Gasteiger partial charge in [0, 0.05) is 22.3 Å². The normalized spacial score (nSPS) is 11.1. The number of rotatable bonds is 8. The van der Waals surface area contributed by atoms with E-state index < -0.39 is 11.8 Å². The Bertz CT molecular complexity index is 1460. The van der Waals surface area contributed by atoms with Crippen molar-refractivity contribution in [3.8, 4) is 22.6 Å². The van der Waals surface area contributed by atoms with Gasteiger partial charge in [0.1, 0.15) is 23.0 Å². The highest BCUT2D eigenvalue weighted by molar-refractivity contribution is 6.35. The number of carbonyl (C=O) groups is 4. The van der Waals surface area contributed by atoms with E-state index in [1.54, 1.807) is 72.8 Å². The zero-order valence-corrected chi connectivity index (χ0v) is 20.4. The van der Waals surface area contributed by atoms with E-state index in [4.69, 9.17) is 8.83 Å². The van der Waals surface area contributed by atoms with E-state index in [-0.39, 0.29) is 11.6 Å². The molecule has 0 unspecified atom stereocenters. The molecule has 2 N–H and O–H groups in total. The van der Waals surface area contributed by atoms with Crippen molar-refractivity contribution in [2.75, 3.05) is 0 Å². The SMILES string of the molecule is CC(=O)c1cccc(-c2ccc(C=NNC(=O)C(=O)N/N=C/c3ccc(-c4cccc(C(C)=O)c4)o3)o2)c1. The Morgan fingerprint density at radius 1 is 0.632 bits per heavy atom. The van der Waals surface area contributed by atoms with Gasteiger partial charge in [-0.15, -0.1) is 0 Å². The zero-order chi connectivity index (χ0) is 27.1. The number of hydrazone groups is 2. The summed E-state index contributed by atoms with van der Waals surface area (Å²) in [7, 11) is 0. The third-order valence-electron chi connectivity index (χ3n) is 5.28. The van der Waals surface area contributed by atoms with E-state index >= 15 is 0 Å². The van der Waals surface area contributed by atoms with Gasteiger partial charge in [-0.2, -0.15) is 10.2 Å². The van der Waals surface area contributed by atoms with E-state index in [1.807, 2.05) is 0 Å². The zero-order valence-electron chi connectivity index (χ0n) is 20.4. The van der Waals surface area contributed by atoms with Crippen LogP contribution in [0, 0.1) is 0 Å². The molecule has 0 aliphatic rings. The minimum Gasteiger partial charge on any atom is -0.455 e. The Kier molecular flexibility index (Phi) is 7.83. The second-order valence-corrected chi connectivity index (χ2v) is 8.08.